The van der Waals surface area contributed by atoms with Crippen LogP contribution in [0.3, 0.4) is 0 Å². The molecule has 1 amide bonds. The van der Waals surface area contributed by atoms with Gasteiger partial charge in [0.1, 0.15) is 0 Å². The van der Waals surface area contributed by atoms with E-state index in [4.69, 9.17) is 5.73 Å². The summed E-state index contributed by atoms with van der Waals surface area (Å²) in [4.78, 5) is 13.5. The molecule has 1 aliphatic rings. The first-order chi connectivity index (χ1) is 7.00. The average Bonchev–Trinajstić information content (AvgIpc) is 2.54. The van der Waals surface area contributed by atoms with Crippen LogP contribution in [0.4, 0.5) is 0 Å². The van der Waals surface area contributed by atoms with E-state index >= 15 is 0 Å². The van der Waals surface area contributed by atoms with E-state index in [2.05, 4.69) is 0 Å². The highest BCUT2D eigenvalue weighted by Gasteiger charge is 2.34. The van der Waals surface area contributed by atoms with Crippen LogP contribution in [0.15, 0.2) is 0 Å². The van der Waals surface area contributed by atoms with Gasteiger partial charge in [0.2, 0.25) is 5.91 Å². The molecule has 2 N–H and O–H groups in total. The van der Waals surface area contributed by atoms with Gasteiger partial charge in [-0.05, 0) is 13.3 Å². The Hall–Kier alpha value is -0.620. The van der Waals surface area contributed by atoms with E-state index in [0.717, 1.165) is 0 Å². The predicted octanol–water partition coefficient (Wildman–Crippen LogP) is -0.772. The van der Waals surface area contributed by atoms with Crippen molar-refractivity contribution >= 4 is 15.7 Å². The van der Waals surface area contributed by atoms with Gasteiger partial charge in [0.25, 0.3) is 0 Å². The van der Waals surface area contributed by atoms with Gasteiger partial charge in [-0.15, -0.1) is 0 Å². The maximum Gasteiger partial charge on any atom is 0.226 e. The highest BCUT2D eigenvalue weighted by atomic mass is 32.2. The molecular formula is C9H18N2O3S. The molecule has 0 saturated carbocycles. The molecular weight excluding hydrogens is 216 g/mol. The highest BCUT2D eigenvalue weighted by molar-refractivity contribution is 7.91. The first kappa shape index (κ1) is 12.4. The Morgan fingerprint density at radius 2 is 2.20 bits per heavy atom. The van der Waals surface area contributed by atoms with Crippen LogP contribution < -0.4 is 5.73 Å². The number of carbonyl (C=O) groups excluding carboxylic acids is 1. The number of nitrogens with two attached hydrogens (primary N) is 1. The van der Waals surface area contributed by atoms with Gasteiger partial charge in [-0.25, -0.2) is 8.42 Å². The largest absolute Gasteiger partial charge is 0.341 e. The van der Waals surface area contributed by atoms with Crippen LogP contribution in [-0.2, 0) is 14.6 Å². The third kappa shape index (κ3) is 3.17. The lowest BCUT2D eigenvalue weighted by Crippen LogP contribution is -2.39. The van der Waals surface area contributed by atoms with Crippen LogP contribution in [0.2, 0.25) is 0 Å². The first-order valence-corrected chi connectivity index (χ1v) is 7.01. The van der Waals surface area contributed by atoms with Crippen LogP contribution >= 0.6 is 0 Å². The molecule has 1 saturated heterocycles. The second kappa shape index (κ2) is 4.94. The van der Waals surface area contributed by atoms with E-state index in [9.17, 15) is 13.2 Å². The number of hydrogen-bond donors (Lipinski definition) is 1. The Bertz CT molecular complexity index is 326. The van der Waals surface area contributed by atoms with E-state index < -0.39 is 9.84 Å². The van der Waals surface area contributed by atoms with Crippen LogP contribution in [-0.4, -0.2) is 50.4 Å². The molecule has 88 valence electrons. The third-order valence-corrected chi connectivity index (χ3v) is 4.44. The topological polar surface area (TPSA) is 80.5 Å². The Morgan fingerprint density at radius 3 is 2.60 bits per heavy atom. The van der Waals surface area contributed by atoms with Crippen LogP contribution in [0.1, 0.15) is 13.3 Å². The van der Waals surface area contributed by atoms with E-state index in [-0.39, 0.29) is 23.3 Å². The number of sulfone groups is 1. The molecule has 1 atom stereocenters. The molecule has 1 unspecified atom stereocenters. The van der Waals surface area contributed by atoms with Gasteiger partial charge < -0.3 is 10.6 Å². The summed E-state index contributed by atoms with van der Waals surface area (Å²) in [7, 11) is -2.98. The zero-order chi connectivity index (χ0) is 11.5. The molecule has 0 spiro atoms. The SMILES string of the molecule is CCN(CCN)C(=O)C1CCS(=O)(=O)C1. The van der Waals surface area contributed by atoms with Gasteiger partial charge in [0.05, 0.1) is 17.4 Å². The Morgan fingerprint density at radius 1 is 1.53 bits per heavy atom. The van der Waals surface area contributed by atoms with Crippen molar-refractivity contribution in [3.8, 4) is 0 Å². The van der Waals surface area contributed by atoms with Crippen molar-refractivity contribution in [3.05, 3.63) is 0 Å². The number of hydrogen-bond acceptors (Lipinski definition) is 4. The Kier molecular flexibility index (Phi) is 4.10. The summed E-state index contributed by atoms with van der Waals surface area (Å²) in [5.41, 5.74) is 5.38. The smallest absolute Gasteiger partial charge is 0.226 e. The number of nitrogens with zero attached hydrogens (tertiary/aromatic N) is 1. The highest BCUT2D eigenvalue weighted by Crippen LogP contribution is 2.20. The second-order valence-electron chi connectivity index (χ2n) is 3.81. The summed E-state index contributed by atoms with van der Waals surface area (Å²) in [6.45, 7) is 3.38. The van der Waals surface area contributed by atoms with Crippen molar-refractivity contribution in [2.45, 2.75) is 13.3 Å². The molecule has 0 aromatic rings. The Balaban J connectivity index is 2.61. The van der Waals surface area contributed by atoms with Crippen LogP contribution in [0, 0.1) is 5.92 Å². The molecule has 1 fully saturated rings. The zero-order valence-electron chi connectivity index (χ0n) is 8.98. The molecule has 1 heterocycles. The summed E-state index contributed by atoms with van der Waals surface area (Å²) in [6.07, 6.45) is 0.461. The lowest BCUT2D eigenvalue weighted by atomic mass is 10.1. The number of carbonyl (C=O) groups is 1. The fourth-order valence-corrected chi connectivity index (χ4v) is 3.56. The van der Waals surface area contributed by atoms with Crippen molar-refractivity contribution in [2.75, 3.05) is 31.1 Å². The monoisotopic (exact) mass is 234 g/mol. The summed E-state index contributed by atoms with van der Waals surface area (Å²) in [5, 5.41) is 0. The quantitative estimate of drug-likeness (QED) is 0.692. The summed E-state index contributed by atoms with van der Waals surface area (Å²) in [6, 6.07) is 0. The van der Waals surface area contributed by atoms with Gasteiger partial charge in [-0.2, -0.15) is 0 Å². The van der Waals surface area contributed by atoms with Gasteiger partial charge in [-0.3, -0.25) is 4.79 Å². The molecule has 0 radical (unpaired) electrons. The standard InChI is InChI=1S/C9H18N2O3S/c1-2-11(5-4-10)9(12)8-3-6-15(13,14)7-8/h8H,2-7,10H2,1H3. The van der Waals surface area contributed by atoms with Gasteiger partial charge in [-0.1, -0.05) is 0 Å². The van der Waals surface area contributed by atoms with Crippen molar-refractivity contribution in [1.29, 1.82) is 0 Å². The van der Waals surface area contributed by atoms with Gasteiger partial charge in [0.15, 0.2) is 9.84 Å². The molecule has 5 nitrogen and oxygen atoms in total. The molecule has 0 aliphatic carbocycles. The minimum atomic E-state index is -2.98. The minimum absolute atomic E-state index is 0.00685. The molecule has 15 heavy (non-hydrogen) atoms. The number of amides is 1. The third-order valence-electron chi connectivity index (χ3n) is 2.67. The summed E-state index contributed by atoms with van der Waals surface area (Å²) < 4.78 is 22.4. The van der Waals surface area contributed by atoms with E-state index in [1.54, 1.807) is 4.90 Å². The molecule has 1 aliphatic heterocycles. The van der Waals surface area contributed by atoms with E-state index in [0.29, 0.717) is 26.1 Å². The van der Waals surface area contributed by atoms with Gasteiger partial charge >= 0.3 is 0 Å². The molecule has 1 rings (SSSR count). The molecule has 0 aromatic heterocycles. The van der Waals surface area contributed by atoms with E-state index in [1.165, 1.54) is 0 Å². The normalized spacial score (nSPS) is 24.0. The number of likely N-dealkylation sites (N-methyl/N-ethyl adjacent to an activating group) is 1. The zero-order valence-corrected chi connectivity index (χ0v) is 9.79. The van der Waals surface area contributed by atoms with Gasteiger partial charge in [0, 0.05) is 19.6 Å². The van der Waals surface area contributed by atoms with Crippen molar-refractivity contribution in [3.63, 3.8) is 0 Å². The summed E-state index contributed by atoms with van der Waals surface area (Å²) >= 11 is 0. The van der Waals surface area contributed by atoms with Crippen LogP contribution in [0.25, 0.3) is 0 Å². The van der Waals surface area contributed by atoms with Crippen molar-refractivity contribution < 1.29 is 13.2 Å². The van der Waals surface area contributed by atoms with E-state index in [1.807, 2.05) is 6.92 Å². The second-order valence-corrected chi connectivity index (χ2v) is 6.04. The van der Waals surface area contributed by atoms with Crippen molar-refractivity contribution in [2.24, 2.45) is 11.7 Å². The van der Waals surface area contributed by atoms with Crippen LogP contribution in [0.5, 0.6) is 0 Å². The molecule has 0 bridgehead atoms. The number of rotatable bonds is 4. The fourth-order valence-electron chi connectivity index (χ4n) is 1.83. The Labute approximate surface area is 90.5 Å². The lowest BCUT2D eigenvalue weighted by molar-refractivity contribution is -0.134. The average molecular weight is 234 g/mol. The fraction of sp³-hybridized carbons (Fsp3) is 0.889. The van der Waals surface area contributed by atoms with Crippen molar-refractivity contribution in [1.82, 2.24) is 4.90 Å². The molecule has 0 aromatic carbocycles. The summed E-state index contributed by atoms with van der Waals surface area (Å²) in [5.74, 6) is -0.262. The first-order valence-electron chi connectivity index (χ1n) is 5.19. The molecule has 6 heteroatoms. The minimum Gasteiger partial charge on any atom is -0.341 e. The maximum absolute atomic E-state index is 11.9. The lowest BCUT2D eigenvalue weighted by Gasteiger charge is -2.22. The maximum atomic E-state index is 11.9. The predicted molar refractivity (Wildman–Crippen MR) is 58.1 cm³/mol.